The van der Waals surface area contributed by atoms with Crippen LogP contribution in [0.3, 0.4) is 0 Å². The Bertz CT molecular complexity index is 267. The van der Waals surface area contributed by atoms with E-state index in [0.717, 1.165) is 32.1 Å². The Morgan fingerprint density at radius 2 is 1.63 bits per heavy atom. The van der Waals surface area contributed by atoms with Crippen LogP contribution < -0.4 is 5.73 Å². The van der Waals surface area contributed by atoms with Gasteiger partial charge in [0, 0.05) is 27.1 Å². The van der Waals surface area contributed by atoms with E-state index in [1.54, 1.807) is 19.0 Å². The van der Waals surface area contributed by atoms with Crippen molar-refractivity contribution in [1.82, 2.24) is 9.80 Å². The minimum Gasteiger partial charge on any atom is -0.347 e. The van der Waals surface area contributed by atoms with E-state index < -0.39 is 0 Å². The van der Waals surface area contributed by atoms with Gasteiger partial charge in [-0.1, -0.05) is 19.8 Å². The van der Waals surface area contributed by atoms with Crippen LogP contribution in [-0.2, 0) is 9.59 Å². The zero-order chi connectivity index (χ0) is 14.7. The van der Waals surface area contributed by atoms with E-state index in [4.69, 9.17) is 5.73 Å². The molecule has 0 rings (SSSR count). The number of carbonyl (C=O) groups is 2. The molecule has 0 aromatic carbocycles. The largest absolute Gasteiger partial charge is 0.347 e. The van der Waals surface area contributed by atoms with Crippen molar-refractivity contribution in [3.05, 3.63) is 0 Å². The molecule has 0 radical (unpaired) electrons. The van der Waals surface area contributed by atoms with E-state index >= 15 is 0 Å². The van der Waals surface area contributed by atoms with E-state index in [0.29, 0.717) is 19.5 Å². The van der Waals surface area contributed by atoms with Gasteiger partial charge in [-0.2, -0.15) is 0 Å². The minimum absolute atomic E-state index is 0.0232. The van der Waals surface area contributed by atoms with Gasteiger partial charge < -0.3 is 15.5 Å². The Labute approximate surface area is 117 Å². The topological polar surface area (TPSA) is 66.6 Å². The average molecular weight is 271 g/mol. The van der Waals surface area contributed by atoms with Gasteiger partial charge in [0.1, 0.15) is 0 Å². The van der Waals surface area contributed by atoms with Gasteiger partial charge in [0.25, 0.3) is 0 Å². The van der Waals surface area contributed by atoms with E-state index in [9.17, 15) is 9.59 Å². The Balaban J connectivity index is 4.07. The Morgan fingerprint density at radius 1 is 1.00 bits per heavy atom. The maximum Gasteiger partial charge on any atom is 0.241 e. The highest BCUT2D eigenvalue weighted by Crippen LogP contribution is 2.06. The Kier molecular flexibility index (Phi) is 10.2. The number of rotatable bonds is 10. The van der Waals surface area contributed by atoms with Crippen molar-refractivity contribution in [3.63, 3.8) is 0 Å². The number of carbonyl (C=O) groups excluding carboxylic acids is 2. The second kappa shape index (κ2) is 10.8. The molecule has 0 saturated carbocycles. The monoisotopic (exact) mass is 271 g/mol. The molecule has 112 valence electrons. The number of amides is 2. The summed E-state index contributed by atoms with van der Waals surface area (Å²) in [6.07, 6.45) is 5.42. The molecule has 0 saturated heterocycles. The standard InChI is InChI=1S/C14H29N3O2/c1-4-11-17(12-14(19)16(2)3)13(18)9-7-5-6-8-10-15/h4-12,15H2,1-3H3. The lowest BCUT2D eigenvalue weighted by molar-refractivity contribution is -0.139. The summed E-state index contributed by atoms with van der Waals surface area (Å²) < 4.78 is 0. The normalized spacial score (nSPS) is 10.3. The predicted octanol–water partition coefficient (Wildman–Crippen LogP) is 1.22. The molecular weight excluding hydrogens is 242 g/mol. The van der Waals surface area contributed by atoms with Crippen LogP contribution in [0.2, 0.25) is 0 Å². The highest BCUT2D eigenvalue weighted by atomic mass is 16.2. The summed E-state index contributed by atoms with van der Waals surface area (Å²) in [4.78, 5) is 26.9. The fourth-order valence-electron chi connectivity index (χ4n) is 1.80. The third kappa shape index (κ3) is 8.59. The molecule has 2 amide bonds. The summed E-state index contributed by atoms with van der Waals surface area (Å²) in [6.45, 7) is 3.58. The molecule has 5 nitrogen and oxygen atoms in total. The molecule has 2 N–H and O–H groups in total. The van der Waals surface area contributed by atoms with Crippen molar-refractivity contribution in [2.24, 2.45) is 5.73 Å². The van der Waals surface area contributed by atoms with Crippen molar-refractivity contribution < 1.29 is 9.59 Å². The first-order chi connectivity index (χ1) is 9.02. The molecule has 0 heterocycles. The maximum absolute atomic E-state index is 12.1. The summed E-state index contributed by atoms with van der Waals surface area (Å²) in [6, 6.07) is 0. The van der Waals surface area contributed by atoms with Crippen molar-refractivity contribution in [2.75, 3.05) is 33.7 Å². The fraction of sp³-hybridized carbons (Fsp3) is 0.857. The van der Waals surface area contributed by atoms with E-state index in [1.807, 2.05) is 6.92 Å². The predicted molar refractivity (Wildman–Crippen MR) is 77.7 cm³/mol. The molecule has 0 spiro atoms. The number of nitrogens with zero attached hydrogens (tertiary/aromatic N) is 2. The van der Waals surface area contributed by atoms with Gasteiger partial charge in [0.2, 0.25) is 11.8 Å². The molecule has 0 aliphatic carbocycles. The van der Waals surface area contributed by atoms with Gasteiger partial charge >= 0.3 is 0 Å². The third-order valence-corrected chi connectivity index (χ3v) is 3.02. The van der Waals surface area contributed by atoms with Crippen LogP contribution in [0, 0.1) is 0 Å². The summed E-state index contributed by atoms with van der Waals surface area (Å²) in [5.74, 6) is 0.0646. The van der Waals surface area contributed by atoms with E-state index in [1.165, 1.54) is 4.90 Å². The third-order valence-electron chi connectivity index (χ3n) is 3.02. The minimum atomic E-state index is -0.0232. The molecular formula is C14H29N3O2. The quantitative estimate of drug-likeness (QED) is 0.608. The average Bonchev–Trinajstić information content (AvgIpc) is 2.37. The van der Waals surface area contributed by atoms with Crippen LogP contribution in [0.15, 0.2) is 0 Å². The molecule has 0 fully saturated rings. The first kappa shape index (κ1) is 17.9. The van der Waals surface area contributed by atoms with Gasteiger partial charge in [0.05, 0.1) is 6.54 Å². The highest BCUT2D eigenvalue weighted by Gasteiger charge is 2.16. The van der Waals surface area contributed by atoms with E-state index in [-0.39, 0.29) is 18.4 Å². The first-order valence-electron chi connectivity index (χ1n) is 7.20. The van der Waals surface area contributed by atoms with Crippen LogP contribution in [0.1, 0.15) is 45.4 Å². The highest BCUT2D eigenvalue weighted by molar-refractivity contribution is 5.84. The van der Waals surface area contributed by atoms with Gasteiger partial charge in [-0.05, 0) is 25.8 Å². The Hall–Kier alpha value is -1.10. The van der Waals surface area contributed by atoms with Crippen LogP contribution in [0.4, 0.5) is 0 Å². The zero-order valence-corrected chi connectivity index (χ0v) is 12.7. The first-order valence-corrected chi connectivity index (χ1v) is 7.20. The lowest BCUT2D eigenvalue weighted by Gasteiger charge is -2.23. The van der Waals surface area contributed by atoms with Gasteiger partial charge in [0.15, 0.2) is 0 Å². The summed E-state index contributed by atoms with van der Waals surface area (Å²) in [5, 5.41) is 0. The zero-order valence-electron chi connectivity index (χ0n) is 12.7. The summed E-state index contributed by atoms with van der Waals surface area (Å²) in [7, 11) is 3.42. The van der Waals surface area contributed by atoms with Crippen LogP contribution in [0.5, 0.6) is 0 Å². The van der Waals surface area contributed by atoms with Gasteiger partial charge in [-0.3, -0.25) is 9.59 Å². The van der Waals surface area contributed by atoms with Crippen LogP contribution in [-0.4, -0.2) is 55.3 Å². The second-order valence-corrected chi connectivity index (χ2v) is 5.06. The molecule has 19 heavy (non-hydrogen) atoms. The SMILES string of the molecule is CCCN(CC(=O)N(C)C)C(=O)CCCCCCN. The number of hydrogen-bond donors (Lipinski definition) is 1. The number of hydrogen-bond acceptors (Lipinski definition) is 3. The van der Waals surface area contributed by atoms with Crippen molar-refractivity contribution in [2.45, 2.75) is 45.4 Å². The van der Waals surface area contributed by atoms with E-state index in [2.05, 4.69) is 0 Å². The fourth-order valence-corrected chi connectivity index (χ4v) is 1.80. The number of nitrogens with two attached hydrogens (primary N) is 1. The summed E-state index contributed by atoms with van der Waals surface area (Å²) in [5.41, 5.74) is 5.42. The molecule has 0 bridgehead atoms. The molecule has 0 aromatic heterocycles. The number of likely N-dealkylation sites (N-methyl/N-ethyl adjacent to an activating group) is 1. The number of unbranched alkanes of at least 4 members (excludes halogenated alkanes) is 3. The summed E-state index contributed by atoms with van der Waals surface area (Å²) >= 11 is 0. The lowest BCUT2D eigenvalue weighted by atomic mass is 10.1. The van der Waals surface area contributed by atoms with Crippen LogP contribution >= 0.6 is 0 Å². The molecule has 0 atom stereocenters. The molecule has 0 unspecified atom stereocenters. The van der Waals surface area contributed by atoms with Crippen molar-refractivity contribution in [3.8, 4) is 0 Å². The molecule has 0 aliphatic rings. The lowest BCUT2D eigenvalue weighted by Crippen LogP contribution is -2.40. The van der Waals surface area contributed by atoms with Gasteiger partial charge in [-0.25, -0.2) is 0 Å². The molecule has 0 aliphatic heterocycles. The van der Waals surface area contributed by atoms with Crippen molar-refractivity contribution in [1.29, 1.82) is 0 Å². The van der Waals surface area contributed by atoms with Crippen LogP contribution in [0.25, 0.3) is 0 Å². The Morgan fingerprint density at radius 3 is 2.16 bits per heavy atom. The van der Waals surface area contributed by atoms with Crippen molar-refractivity contribution >= 4 is 11.8 Å². The second-order valence-electron chi connectivity index (χ2n) is 5.06. The molecule has 5 heteroatoms. The smallest absolute Gasteiger partial charge is 0.241 e. The maximum atomic E-state index is 12.1. The van der Waals surface area contributed by atoms with Gasteiger partial charge in [-0.15, -0.1) is 0 Å². The molecule has 0 aromatic rings.